The lowest BCUT2D eigenvalue weighted by Crippen LogP contribution is -2.54. The molecule has 5 heterocycles. The summed E-state index contributed by atoms with van der Waals surface area (Å²) in [4.78, 5) is 82.5. The van der Waals surface area contributed by atoms with E-state index in [2.05, 4.69) is 40.7 Å². The number of carbonyl (C=O) groups is 5. The lowest BCUT2D eigenvalue weighted by molar-refractivity contribution is -0.136. The first-order valence-corrected chi connectivity index (χ1v) is 17.2. The third-order valence-electron chi connectivity index (χ3n) is 8.86. The molecule has 2 aromatic carbocycles. The van der Waals surface area contributed by atoms with Crippen LogP contribution in [0.1, 0.15) is 60.2 Å². The Balaban J connectivity index is 0.959. The standard InChI is InChI=1S/C34H32ClN9O5S/c1-18-4-3-5-23(35)29(18)41-31(47)25-16-36-34(50-25)39-26-15-27(38-19(2)37-26)43-12-10-42(11-13-43)17-20-6-7-21-22(14-20)33(49)44(32(21)48)24-8-9-28(45)40-30(24)46/h3-7,14-16,24H,8-13,17H2,1-2H3,(H,41,47)(H,40,45,46)(H,36,37,38,39). The maximum atomic E-state index is 13.2. The summed E-state index contributed by atoms with van der Waals surface area (Å²) >= 11 is 7.47. The fourth-order valence-corrected chi connectivity index (χ4v) is 7.29. The fourth-order valence-electron chi connectivity index (χ4n) is 6.30. The molecule has 14 nitrogen and oxygen atoms in total. The van der Waals surface area contributed by atoms with Crippen molar-refractivity contribution in [3.8, 4) is 0 Å². The lowest BCUT2D eigenvalue weighted by Gasteiger charge is -2.35. The van der Waals surface area contributed by atoms with Crippen LogP contribution in [-0.4, -0.2) is 86.5 Å². The molecule has 4 aromatic rings. The van der Waals surface area contributed by atoms with Crippen molar-refractivity contribution >= 4 is 74.9 Å². The molecule has 0 aliphatic carbocycles. The largest absolute Gasteiger partial charge is 0.354 e. The maximum absolute atomic E-state index is 13.2. The Morgan fingerprint density at radius 3 is 2.54 bits per heavy atom. The van der Waals surface area contributed by atoms with Gasteiger partial charge in [0.2, 0.25) is 11.8 Å². The van der Waals surface area contributed by atoms with Crippen LogP contribution in [0.5, 0.6) is 0 Å². The molecule has 1 unspecified atom stereocenters. The number of aryl methyl sites for hydroxylation is 2. The lowest BCUT2D eigenvalue weighted by atomic mass is 10.0. The quantitative estimate of drug-likeness (QED) is 0.226. The number of halogens is 1. The fraction of sp³-hybridized carbons (Fsp3) is 0.294. The molecule has 0 bridgehead atoms. The third kappa shape index (κ3) is 6.66. The average molecular weight is 714 g/mol. The van der Waals surface area contributed by atoms with Crippen molar-refractivity contribution in [3.63, 3.8) is 0 Å². The smallest absolute Gasteiger partial charge is 0.267 e. The molecular formula is C34H32ClN9O5S. The maximum Gasteiger partial charge on any atom is 0.267 e. The van der Waals surface area contributed by atoms with E-state index < -0.39 is 29.7 Å². The summed E-state index contributed by atoms with van der Waals surface area (Å²) < 4.78 is 0. The molecule has 16 heteroatoms. The normalized spacial score (nSPS) is 17.9. The summed E-state index contributed by atoms with van der Waals surface area (Å²) in [6, 6.07) is 11.5. The number of rotatable bonds is 8. The van der Waals surface area contributed by atoms with Gasteiger partial charge in [-0.2, -0.15) is 0 Å². The third-order valence-corrected chi connectivity index (χ3v) is 10.1. The molecule has 2 fully saturated rings. The zero-order chi connectivity index (χ0) is 35.1. The Morgan fingerprint density at radius 1 is 1.00 bits per heavy atom. The number of para-hydroxylation sites is 1. The number of benzene rings is 2. The molecule has 0 saturated carbocycles. The van der Waals surface area contributed by atoms with Gasteiger partial charge in [-0.05, 0) is 49.6 Å². The molecule has 3 aliphatic rings. The molecule has 256 valence electrons. The Morgan fingerprint density at radius 2 is 1.78 bits per heavy atom. The summed E-state index contributed by atoms with van der Waals surface area (Å²) in [7, 11) is 0. The second-order valence-corrected chi connectivity index (χ2v) is 13.7. The van der Waals surface area contributed by atoms with E-state index in [0.717, 1.165) is 34.9 Å². The number of carbonyl (C=O) groups excluding carboxylic acids is 5. The molecule has 0 radical (unpaired) electrons. The molecular weight excluding hydrogens is 682 g/mol. The molecule has 0 spiro atoms. The Bertz CT molecular complexity index is 2040. The van der Waals surface area contributed by atoms with Crippen LogP contribution in [0.25, 0.3) is 0 Å². The van der Waals surface area contributed by atoms with Gasteiger partial charge in [0.05, 0.1) is 28.0 Å². The minimum absolute atomic E-state index is 0.0753. The van der Waals surface area contributed by atoms with E-state index in [4.69, 9.17) is 11.6 Å². The zero-order valence-corrected chi connectivity index (χ0v) is 28.7. The summed E-state index contributed by atoms with van der Waals surface area (Å²) in [5.74, 6) is -0.469. The van der Waals surface area contributed by atoms with Crippen LogP contribution in [0.2, 0.25) is 5.02 Å². The van der Waals surface area contributed by atoms with Gasteiger partial charge >= 0.3 is 0 Å². The highest BCUT2D eigenvalue weighted by Gasteiger charge is 2.44. The molecule has 3 N–H and O–H groups in total. The van der Waals surface area contributed by atoms with E-state index in [9.17, 15) is 24.0 Å². The van der Waals surface area contributed by atoms with Gasteiger partial charge in [0, 0.05) is 45.2 Å². The monoisotopic (exact) mass is 713 g/mol. The van der Waals surface area contributed by atoms with E-state index in [1.54, 1.807) is 18.2 Å². The highest BCUT2D eigenvalue weighted by molar-refractivity contribution is 7.17. The van der Waals surface area contributed by atoms with E-state index in [0.29, 0.717) is 52.0 Å². The highest BCUT2D eigenvalue weighted by atomic mass is 35.5. The number of aromatic nitrogens is 3. The van der Waals surface area contributed by atoms with E-state index in [-0.39, 0.29) is 29.9 Å². The van der Waals surface area contributed by atoms with Crippen molar-refractivity contribution in [2.75, 3.05) is 41.7 Å². The zero-order valence-electron chi connectivity index (χ0n) is 27.2. The minimum Gasteiger partial charge on any atom is -0.354 e. The number of nitrogens with one attached hydrogen (secondary N) is 3. The number of nitrogens with zero attached hydrogens (tertiary/aromatic N) is 6. The van der Waals surface area contributed by atoms with Crippen molar-refractivity contribution < 1.29 is 24.0 Å². The van der Waals surface area contributed by atoms with E-state index >= 15 is 0 Å². The molecule has 50 heavy (non-hydrogen) atoms. The summed E-state index contributed by atoms with van der Waals surface area (Å²) in [5.41, 5.74) is 2.84. The number of amides is 5. The number of hydrogen-bond donors (Lipinski definition) is 3. The van der Waals surface area contributed by atoms with Crippen LogP contribution in [0.4, 0.5) is 22.5 Å². The molecule has 1 atom stereocenters. The number of hydrogen-bond acceptors (Lipinski definition) is 12. The predicted molar refractivity (Wildman–Crippen MR) is 187 cm³/mol. The van der Waals surface area contributed by atoms with Crippen molar-refractivity contribution in [1.82, 2.24) is 30.1 Å². The van der Waals surface area contributed by atoms with Crippen LogP contribution in [0, 0.1) is 13.8 Å². The molecule has 2 aromatic heterocycles. The van der Waals surface area contributed by atoms with Gasteiger partial charge in [-0.25, -0.2) is 15.0 Å². The second-order valence-electron chi connectivity index (χ2n) is 12.3. The van der Waals surface area contributed by atoms with Crippen LogP contribution in [0.3, 0.4) is 0 Å². The topological polar surface area (TPSA) is 170 Å². The van der Waals surface area contributed by atoms with Crippen LogP contribution in [0.15, 0.2) is 48.7 Å². The molecule has 5 amide bonds. The van der Waals surface area contributed by atoms with Crippen molar-refractivity contribution in [2.24, 2.45) is 0 Å². The minimum atomic E-state index is -0.993. The van der Waals surface area contributed by atoms with Gasteiger partial charge in [0.15, 0.2) is 5.13 Å². The van der Waals surface area contributed by atoms with Crippen molar-refractivity contribution in [2.45, 2.75) is 39.3 Å². The van der Waals surface area contributed by atoms with E-state index in [1.807, 2.05) is 38.1 Å². The second kappa shape index (κ2) is 13.6. The van der Waals surface area contributed by atoms with Gasteiger partial charge in [-0.3, -0.25) is 39.1 Å². The van der Waals surface area contributed by atoms with Crippen LogP contribution >= 0.6 is 22.9 Å². The highest BCUT2D eigenvalue weighted by Crippen LogP contribution is 2.30. The van der Waals surface area contributed by atoms with Crippen LogP contribution in [-0.2, 0) is 16.1 Å². The van der Waals surface area contributed by atoms with Gasteiger partial charge < -0.3 is 15.5 Å². The van der Waals surface area contributed by atoms with E-state index in [1.165, 1.54) is 17.5 Å². The number of imide groups is 2. The number of piperazine rings is 1. The van der Waals surface area contributed by atoms with Crippen LogP contribution < -0.4 is 20.9 Å². The van der Waals surface area contributed by atoms with Gasteiger partial charge in [0.25, 0.3) is 17.7 Å². The average Bonchev–Trinajstić information content (AvgIpc) is 3.65. The van der Waals surface area contributed by atoms with Gasteiger partial charge in [0.1, 0.15) is 28.4 Å². The first-order valence-electron chi connectivity index (χ1n) is 16.0. The molecule has 2 saturated heterocycles. The number of piperidine rings is 1. The Kier molecular flexibility index (Phi) is 9.03. The molecule has 3 aliphatic heterocycles. The number of thiazole rings is 1. The number of fused-ring (bicyclic) bond motifs is 1. The Hall–Kier alpha value is -5.25. The van der Waals surface area contributed by atoms with Gasteiger partial charge in [-0.1, -0.05) is 41.1 Å². The summed E-state index contributed by atoms with van der Waals surface area (Å²) in [6.45, 7) is 7.13. The summed E-state index contributed by atoms with van der Waals surface area (Å²) in [5, 5.41) is 9.26. The SMILES string of the molecule is Cc1nc(Nc2ncc(C(=O)Nc3c(C)cccc3Cl)s2)cc(N2CCN(Cc3ccc4c(c3)C(=O)N(C3CCC(=O)NC3=O)C4=O)CC2)n1. The van der Waals surface area contributed by atoms with Gasteiger partial charge in [-0.15, -0.1) is 0 Å². The summed E-state index contributed by atoms with van der Waals surface area (Å²) in [6.07, 6.45) is 1.70. The van der Waals surface area contributed by atoms with Crippen molar-refractivity contribution in [3.05, 3.63) is 86.6 Å². The number of anilines is 4. The first kappa shape index (κ1) is 33.3. The first-order chi connectivity index (χ1) is 24.0. The van der Waals surface area contributed by atoms with Crippen molar-refractivity contribution in [1.29, 1.82) is 0 Å². The Labute approximate surface area is 295 Å². The predicted octanol–water partition coefficient (Wildman–Crippen LogP) is 3.92. The molecule has 7 rings (SSSR count).